The summed E-state index contributed by atoms with van der Waals surface area (Å²) in [6.45, 7) is 4.03. The zero-order valence-electron chi connectivity index (χ0n) is 18.4. The molecule has 2 aromatic rings. The molecule has 2 amide bonds. The Hall–Kier alpha value is -3.22. The first-order valence-corrected chi connectivity index (χ1v) is 10.6. The molecule has 7 nitrogen and oxygen atoms in total. The Morgan fingerprint density at radius 3 is 1.97 bits per heavy atom. The van der Waals surface area contributed by atoms with Crippen molar-refractivity contribution in [2.75, 3.05) is 47.0 Å². The van der Waals surface area contributed by atoms with E-state index in [1.807, 2.05) is 24.3 Å². The average molecular weight is 427 g/mol. The first-order valence-electron chi connectivity index (χ1n) is 10.6. The van der Waals surface area contributed by atoms with E-state index in [9.17, 15) is 9.59 Å². The van der Waals surface area contributed by atoms with Gasteiger partial charge in [-0.05, 0) is 36.2 Å². The minimum absolute atomic E-state index is 0.00580. The summed E-state index contributed by atoms with van der Waals surface area (Å²) in [6.07, 6.45) is 2.13. The van der Waals surface area contributed by atoms with Crippen LogP contribution in [0.4, 0.5) is 0 Å². The zero-order chi connectivity index (χ0) is 22.2. The van der Waals surface area contributed by atoms with Crippen LogP contribution in [-0.4, -0.2) is 68.6 Å². The van der Waals surface area contributed by atoms with Crippen molar-refractivity contribution >= 4 is 11.8 Å². The van der Waals surface area contributed by atoms with Gasteiger partial charge in [0.05, 0.1) is 14.2 Å². The van der Waals surface area contributed by atoms with Crippen LogP contribution < -0.4 is 14.2 Å². The van der Waals surface area contributed by atoms with Crippen LogP contribution in [0.15, 0.2) is 42.5 Å². The van der Waals surface area contributed by atoms with Crippen LogP contribution in [0.5, 0.6) is 17.2 Å². The summed E-state index contributed by atoms with van der Waals surface area (Å²) in [5.41, 5.74) is 1.77. The number of ether oxygens (including phenoxy) is 3. The molecule has 0 aliphatic carbocycles. The van der Waals surface area contributed by atoms with Crippen LogP contribution in [0.1, 0.15) is 29.3 Å². The normalized spacial score (nSPS) is 13.6. The molecule has 0 unspecified atom stereocenters. The second kappa shape index (κ2) is 10.7. The predicted molar refractivity (Wildman–Crippen MR) is 118 cm³/mol. The second-order valence-electron chi connectivity index (χ2n) is 7.46. The van der Waals surface area contributed by atoms with Gasteiger partial charge in [0, 0.05) is 37.8 Å². The van der Waals surface area contributed by atoms with Crippen molar-refractivity contribution in [3.8, 4) is 17.2 Å². The average Bonchev–Trinajstić information content (AvgIpc) is 2.82. The topological polar surface area (TPSA) is 68.3 Å². The summed E-state index contributed by atoms with van der Waals surface area (Å²) in [6, 6.07) is 13.0. The van der Waals surface area contributed by atoms with Gasteiger partial charge in [-0.15, -0.1) is 0 Å². The maximum atomic E-state index is 12.9. The molecule has 1 fully saturated rings. The lowest BCUT2D eigenvalue weighted by Crippen LogP contribution is -2.51. The summed E-state index contributed by atoms with van der Waals surface area (Å²) in [5, 5.41) is 0. The number of piperazine rings is 1. The van der Waals surface area contributed by atoms with Gasteiger partial charge in [-0.25, -0.2) is 0 Å². The van der Waals surface area contributed by atoms with E-state index in [-0.39, 0.29) is 18.4 Å². The van der Waals surface area contributed by atoms with Gasteiger partial charge in [0.2, 0.25) is 0 Å². The van der Waals surface area contributed by atoms with Crippen LogP contribution in [0, 0.1) is 0 Å². The maximum absolute atomic E-state index is 12.9. The van der Waals surface area contributed by atoms with Crippen molar-refractivity contribution in [2.24, 2.45) is 0 Å². The lowest BCUT2D eigenvalue weighted by molar-refractivity contribution is -0.134. The van der Waals surface area contributed by atoms with Gasteiger partial charge in [-0.3, -0.25) is 9.59 Å². The zero-order valence-corrected chi connectivity index (χ0v) is 18.4. The van der Waals surface area contributed by atoms with E-state index in [4.69, 9.17) is 14.2 Å². The van der Waals surface area contributed by atoms with Gasteiger partial charge >= 0.3 is 0 Å². The Bertz CT molecular complexity index is 867. The standard InChI is InChI=1S/C24H30N2O5/c1-4-5-18-6-8-20(9-7-18)31-17-23(27)25-10-12-26(13-11-25)24(28)19-14-21(29-2)16-22(15-19)30-3/h6-9,14-16H,4-5,10-13,17H2,1-3H3. The molecule has 1 heterocycles. The number of hydrogen-bond donors (Lipinski definition) is 0. The minimum Gasteiger partial charge on any atom is -0.497 e. The van der Waals surface area contributed by atoms with E-state index < -0.39 is 0 Å². The highest BCUT2D eigenvalue weighted by atomic mass is 16.5. The highest BCUT2D eigenvalue weighted by Gasteiger charge is 2.25. The molecule has 0 spiro atoms. The molecule has 3 rings (SSSR count). The number of hydrogen-bond acceptors (Lipinski definition) is 5. The summed E-state index contributed by atoms with van der Waals surface area (Å²) in [4.78, 5) is 28.9. The molecule has 7 heteroatoms. The number of nitrogens with zero attached hydrogens (tertiary/aromatic N) is 2. The number of carbonyl (C=O) groups is 2. The van der Waals surface area contributed by atoms with Gasteiger partial charge in [-0.1, -0.05) is 25.5 Å². The van der Waals surface area contributed by atoms with Crippen molar-refractivity contribution in [1.29, 1.82) is 0 Å². The molecular weight excluding hydrogens is 396 g/mol. The van der Waals surface area contributed by atoms with Crippen molar-refractivity contribution in [3.63, 3.8) is 0 Å². The van der Waals surface area contributed by atoms with Crippen LogP contribution in [-0.2, 0) is 11.2 Å². The Labute approximate surface area is 183 Å². The molecule has 0 saturated carbocycles. The molecule has 0 N–H and O–H groups in total. The fourth-order valence-corrected chi connectivity index (χ4v) is 3.55. The van der Waals surface area contributed by atoms with E-state index in [0.29, 0.717) is 49.0 Å². The van der Waals surface area contributed by atoms with Gasteiger partial charge in [-0.2, -0.15) is 0 Å². The fraction of sp³-hybridized carbons (Fsp3) is 0.417. The minimum atomic E-state index is -0.104. The number of carbonyl (C=O) groups excluding carboxylic acids is 2. The first kappa shape index (κ1) is 22.5. The molecule has 1 aliphatic rings. The monoisotopic (exact) mass is 426 g/mol. The molecule has 1 aliphatic heterocycles. The number of methoxy groups -OCH3 is 2. The van der Waals surface area contributed by atoms with E-state index in [0.717, 1.165) is 12.8 Å². The molecule has 31 heavy (non-hydrogen) atoms. The molecule has 0 radical (unpaired) electrons. The van der Waals surface area contributed by atoms with E-state index in [1.54, 1.807) is 42.2 Å². The maximum Gasteiger partial charge on any atom is 0.260 e. The third-order valence-corrected chi connectivity index (χ3v) is 5.34. The Balaban J connectivity index is 1.50. The first-order chi connectivity index (χ1) is 15.0. The van der Waals surface area contributed by atoms with Crippen molar-refractivity contribution in [2.45, 2.75) is 19.8 Å². The van der Waals surface area contributed by atoms with E-state index >= 15 is 0 Å². The number of aryl methyl sites for hydroxylation is 1. The van der Waals surface area contributed by atoms with Crippen LogP contribution in [0.2, 0.25) is 0 Å². The molecule has 0 atom stereocenters. The van der Waals surface area contributed by atoms with Crippen molar-refractivity contribution < 1.29 is 23.8 Å². The van der Waals surface area contributed by atoms with Gasteiger partial charge < -0.3 is 24.0 Å². The van der Waals surface area contributed by atoms with Crippen LogP contribution in [0.3, 0.4) is 0 Å². The molecule has 2 aromatic carbocycles. The van der Waals surface area contributed by atoms with Crippen molar-refractivity contribution in [3.05, 3.63) is 53.6 Å². The summed E-state index contributed by atoms with van der Waals surface area (Å²) < 4.78 is 16.1. The highest BCUT2D eigenvalue weighted by molar-refractivity contribution is 5.95. The third-order valence-electron chi connectivity index (χ3n) is 5.34. The Morgan fingerprint density at radius 2 is 1.42 bits per heavy atom. The smallest absolute Gasteiger partial charge is 0.260 e. The Morgan fingerprint density at radius 1 is 0.839 bits per heavy atom. The van der Waals surface area contributed by atoms with E-state index in [2.05, 4.69) is 6.92 Å². The summed E-state index contributed by atoms with van der Waals surface area (Å²) in [7, 11) is 3.10. The molecule has 166 valence electrons. The number of benzene rings is 2. The largest absolute Gasteiger partial charge is 0.497 e. The van der Waals surface area contributed by atoms with Crippen LogP contribution >= 0.6 is 0 Å². The SMILES string of the molecule is CCCc1ccc(OCC(=O)N2CCN(C(=O)c3cc(OC)cc(OC)c3)CC2)cc1. The van der Waals surface area contributed by atoms with Crippen molar-refractivity contribution in [1.82, 2.24) is 9.80 Å². The van der Waals surface area contributed by atoms with Gasteiger partial charge in [0.25, 0.3) is 11.8 Å². The lowest BCUT2D eigenvalue weighted by atomic mass is 10.1. The van der Waals surface area contributed by atoms with Gasteiger partial charge in [0.15, 0.2) is 6.61 Å². The van der Waals surface area contributed by atoms with Crippen LogP contribution in [0.25, 0.3) is 0 Å². The molecule has 1 saturated heterocycles. The highest BCUT2D eigenvalue weighted by Crippen LogP contribution is 2.24. The molecule has 0 bridgehead atoms. The molecule has 0 aromatic heterocycles. The molecular formula is C24H30N2O5. The number of amides is 2. The second-order valence-corrected chi connectivity index (χ2v) is 7.46. The Kier molecular flexibility index (Phi) is 7.76. The van der Waals surface area contributed by atoms with Gasteiger partial charge in [0.1, 0.15) is 17.2 Å². The quantitative estimate of drug-likeness (QED) is 0.649. The third kappa shape index (κ3) is 5.90. The lowest BCUT2D eigenvalue weighted by Gasteiger charge is -2.34. The number of rotatable bonds is 8. The summed E-state index contributed by atoms with van der Waals surface area (Å²) >= 11 is 0. The predicted octanol–water partition coefficient (Wildman–Crippen LogP) is 3.02. The fourth-order valence-electron chi connectivity index (χ4n) is 3.55. The summed E-state index contributed by atoms with van der Waals surface area (Å²) in [5.74, 6) is 1.64. The van der Waals surface area contributed by atoms with E-state index in [1.165, 1.54) is 5.56 Å².